The number of benzene rings is 1. The molecule has 0 radical (unpaired) electrons. The van der Waals surface area contributed by atoms with Crippen molar-refractivity contribution in [1.82, 2.24) is 4.90 Å². The highest BCUT2D eigenvalue weighted by Gasteiger charge is 2.29. The number of hydrogen-bond donors (Lipinski definition) is 2. The van der Waals surface area contributed by atoms with Crippen molar-refractivity contribution in [3.05, 3.63) is 35.9 Å². The summed E-state index contributed by atoms with van der Waals surface area (Å²) in [5, 5.41) is 0. The van der Waals surface area contributed by atoms with Crippen LogP contribution in [0.4, 0.5) is 0 Å². The second-order valence-electron chi connectivity index (χ2n) is 7.62. The Balaban J connectivity index is 1.39. The molecule has 2 fully saturated rings. The minimum absolute atomic E-state index is 0.0508. The molecule has 0 unspecified atom stereocenters. The van der Waals surface area contributed by atoms with Crippen LogP contribution in [-0.4, -0.2) is 49.4 Å². The van der Waals surface area contributed by atoms with Crippen molar-refractivity contribution in [2.75, 3.05) is 32.7 Å². The number of piperidine rings is 2. The fourth-order valence-electron chi connectivity index (χ4n) is 4.15. The molecule has 0 bridgehead atoms. The molecule has 0 saturated carbocycles. The molecule has 0 aliphatic carbocycles. The number of primary amides is 1. The van der Waals surface area contributed by atoms with Gasteiger partial charge in [0.2, 0.25) is 5.91 Å². The summed E-state index contributed by atoms with van der Waals surface area (Å²) in [4.78, 5) is 27.1. The molecule has 2 aliphatic rings. The lowest BCUT2D eigenvalue weighted by Gasteiger charge is -2.33. The number of hydrogen-bond acceptors (Lipinski definition) is 2. The summed E-state index contributed by atoms with van der Waals surface area (Å²) in [6.07, 6.45) is 4.98. The summed E-state index contributed by atoms with van der Waals surface area (Å²) >= 11 is 0. The van der Waals surface area contributed by atoms with Gasteiger partial charge in [-0.15, -0.1) is 0 Å². The first-order chi connectivity index (χ1) is 12.1. The maximum atomic E-state index is 12.5. The maximum Gasteiger partial charge on any atom is 0.277 e. The number of carbonyl (C=O) groups is 2. The van der Waals surface area contributed by atoms with E-state index in [9.17, 15) is 9.59 Å². The molecule has 5 heteroatoms. The predicted octanol–water partition coefficient (Wildman–Crippen LogP) is 0.248. The fourth-order valence-corrected chi connectivity index (χ4v) is 4.15. The van der Waals surface area contributed by atoms with Gasteiger partial charge in [0.15, 0.2) is 6.54 Å². The van der Waals surface area contributed by atoms with Crippen LogP contribution >= 0.6 is 0 Å². The van der Waals surface area contributed by atoms with Gasteiger partial charge in [-0.1, -0.05) is 30.3 Å². The Hall–Kier alpha value is -1.88. The Morgan fingerprint density at radius 1 is 1.04 bits per heavy atom. The number of likely N-dealkylation sites (tertiary alicyclic amines) is 2. The molecule has 0 spiro atoms. The van der Waals surface area contributed by atoms with Crippen molar-refractivity contribution < 1.29 is 14.5 Å². The number of quaternary nitrogens is 1. The van der Waals surface area contributed by atoms with E-state index in [1.54, 1.807) is 0 Å². The lowest BCUT2D eigenvalue weighted by Crippen LogP contribution is -3.14. The molecular weight excluding hydrogens is 314 g/mol. The van der Waals surface area contributed by atoms with E-state index in [1.165, 1.54) is 23.3 Å². The highest BCUT2D eigenvalue weighted by Crippen LogP contribution is 2.17. The Kier molecular flexibility index (Phi) is 6.08. The fraction of sp³-hybridized carbons (Fsp3) is 0.600. The van der Waals surface area contributed by atoms with Crippen molar-refractivity contribution in [2.45, 2.75) is 32.1 Å². The maximum absolute atomic E-state index is 12.5. The normalized spacial score (nSPS) is 24.9. The molecule has 0 atom stereocenters. The molecule has 3 N–H and O–H groups in total. The molecule has 1 aromatic rings. The topological polar surface area (TPSA) is 67.8 Å². The molecule has 3 rings (SSSR count). The van der Waals surface area contributed by atoms with Gasteiger partial charge in [-0.25, -0.2) is 0 Å². The van der Waals surface area contributed by atoms with Gasteiger partial charge in [0.25, 0.3) is 5.91 Å². The Morgan fingerprint density at radius 3 is 2.28 bits per heavy atom. The molecule has 2 heterocycles. The molecular formula is C20H30N3O2+. The first kappa shape index (κ1) is 17.9. The van der Waals surface area contributed by atoms with Gasteiger partial charge in [0, 0.05) is 19.0 Å². The molecule has 25 heavy (non-hydrogen) atoms. The summed E-state index contributed by atoms with van der Waals surface area (Å²) < 4.78 is 0. The summed E-state index contributed by atoms with van der Waals surface area (Å²) in [5.74, 6) is 0.704. The van der Waals surface area contributed by atoms with Crippen LogP contribution < -0.4 is 10.6 Å². The van der Waals surface area contributed by atoms with Gasteiger partial charge in [-0.2, -0.15) is 0 Å². The average molecular weight is 344 g/mol. The first-order valence-corrected chi connectivity index (χ1v) is 9.56. The molecule has 136 valence electrons. The van der Waals surface area contributed by atoms with Crippen LogP contribution in [-0.2, 0) is 16.0 Å². The zero-order valence-electron chi connectivity index (χ0n) is 15.0. The zero-order valence-corrected chi connectivity index (χ0v) is 15.0. The Morgan fingerprint density at radius 2 is 1.68 bits per heavy atom. The number of nitrogens with two attached hydrogens (primary N) is 1. The van der Waals surface area contributed by atoms with Crippen LogP contribution in [0.15, 0.2) is 30.3 Å². The smallest absolute Gasteiger partial charge is 0.277 e. The molecule has 2 aliphatic heterocycles. The largest absolute Gasteiger partial charge is 0.369 e. The molecule has 2 saturated heterocycles. The minimum atomic E-state index is -0.224. The van der Waals surface area contributed by atoms with Crippen LogP contribution in [0.2, 0.25) is 0 Å². The van der Waals surface area contributed by atoms with E-state index in [4.69, 9.17) is 5.73 Å². The Bertz CT molecular complexity index is 574. The van der Waals surface area contributed by atoms with Crippen LogP contribution in [0, 0.1) is 11.8 Å². The predicted molar refractivity (Wildman–Crippen MR) is 96.9 cm³/mol. The van der Waals surface area contributed by atoms with Gasteiger partial charge in [-0.3, -0.25) is 9.59 Å². The van der Waals surface area contributed by atoms with Crippen LogP contribution in [0.25, 0.3) is 0 Å². The summed E-state index contributed by atoms with van der Waals surface area (Å²) in [6, 6.07) is 10.7. The lowest BCUT2D eigenvalue weighted by atomic mass is 9.90. The van der Waals surface area contributed by atoms with Crippen LogP contribution in [0.5, 0.6) is 0 Å². The first-order valence-electron chi connectivity index (χ1n) is 9.56. The van der Waals surface area contributed by atoms with Crippen molar-refractivity contribution in [3.63, 3.8) is 0 Å². The Labute approximate surface area is 150 Å². The van der Waals surface area contributed by atoms with Gasteiger partial charge < -0.3 is 15.5 Å². The molecule has 0 aromatic heterocycles. The van der Waals surface area contributed by atoms with E-state index in [0.717, 1.165) is 38.3 Å². The van der Waals surface area contributed by atoms with Crippen molar-refractivity contribution in [1.29, 1.82) is 0 Å². The molecule has 2 amide bonds. The van der Waals surface area contributed by atoms with Gasteiger partial charge in [-0.05, 0) is 43.6 Å². The summed E-state index contributed by atoms with van der Waals surface area (Å²) in [6.45, 7) is 4.12. The number of rotatable bonds is 5. The van der Waals surface area contributed by atoms with E-state index in [-0.39, 0.29) is 17.7 Å². The highest BCUT2D eigenvalue weighted by atomic mass is 16.2. The third-order valence-electron chi connectivity index (χ3n) is 5.83. The highest BCUT2D eigenvalue weighted by molar-refractivity contribution is 5.79. The van der Waals surface area contributed by atoms with Gasteiger partial charge in [0.05, 0.1) is 13.1 Å². The quantitative estimate of drug-likeness (QED) is 0.804. The monoisotopic (exact) mass is 344 g/mol. The molecule has 1 aromatic carbocycles. The lowest BCUT2D eigenvalue weighted by molar-refractivity contribution is -0.898. The number of nitrogens with zero attached hydrogens (tertiary/aromatic N) is 1. The van der Waals surface area contributed by atoms with Crippen LogP contribution in [0.3, 0.4) is 0 Å². The molecule has 5 nitrogen and oxygen atoms in total. The zero-order chi connectivity index (χ0) is 17.6. The second kappa shape index (κ2) is 8.48. The van der Waals surface area contributed by atoms with E-state index in [0.29, 0.717) is 19.6 Å². The van der Waals surface area contributed by atoms with Crippen LogP contribution in [0.1, 0.15) is 31.2 Å². The number of nitrogens with one attached hydrogen (secondary N) is 1. The van der Waals surface area contributed by atoms with Gasteiger partial charge in [0.1, 0.15) is 0 Å². The summed E-state index contributed by atoms with van der Waals surface area (Å²) in [5.41, 5.74) is 6.78. The second-order valence-corrected chi connectivity index (χ2v) is 7.62. The minimum Gasteiger partial charge on any atom is -0.369 e. The average Bonchev–Trinajstić information content (AvgIpc) is 2.64. The number of amides is 2. The van der Waals surface area contributed by atoms with Crippen molar-refractivity contribution in [3.8, 4) is 0 Å². The van der Waals surface area contributed by atoms with Crippen molar-refractivity contribution >= 4 is 11.8 Å². The van der Waals surface area contributed by atoms with E-state index in [2.05, 4.69) is 30.3 Å². The van der Waals surface area contributed by atoms with E-state index >= 15 is 0 Å². The SMILES string of the molecule is NC(=O)C1CCN(C(=O)C[NH+]2CCC(Cc3ccccc3)CC2)CC1. The van der Waals surface area contributed by atoms with E-state index < -0.39 is 0 Å². The van der Waals surface area contributed by atoms with Crippen molar-refractivity contribution in [2.24, 2.45) is 17.6 Å². The number of carbonyl (C=O) groups excluding carboxylic acids is 2. The van der Waals surface area contributed by atoms with Gasteiger partial charge >= 0.3 is 0 Å². The third kappa shape index (κ3) is 5.05. The summed E-state index contributed by atoms with van der Waals surface area (Å²) in [7, 11) is 0. The van der Waals surface area contributed by atoms with E-state index in [1.807, 2.05) is 4.90 Å². The third-order valence-corrected chi connectivity index (χ3v) is 5.83. The standard InChI is InChI=1S/C20H29N3O2/c21-20(25)18-8-12-23(13-9-18)19(24)15-22-10-6-17(7-11-22)14-16-4-2-1-3-5-16/h1-5,17-18H,6-15H2,(H2,21,25)/p+1.